The fourth-order valence-electron chi connectivity index (χ4n) is 6.19. The maximum atomic E-state index is 13.6. The van der Waals surface area contributed by atoms with Crippen LogP contribution in [0.15, 0.2) is 36.7 Å². The van der Waals surface area contributed by atoms with Crippen molar-refractivity contribution in [1.29, 1.82) is 0 Å². The molecule has 17 heteroatoms. The van der Waals surface area contributed by atoms with Crippen molar-refractivity contribution in [3.8, 4) is 0 Å². The van der Waals surface area contributed by atoms with Crippen molar-refractivity contribution >= 4 is 58.5 Å². The molecule has 0 aromatic carbocycles. The van der Waals surface area contributed by atoms with Crippen LogP contribution in [0.25, 0.3) is 0 Å². The summed E-state index contributed by atoms with van der Waals surface area (Å²) in [6.45, 7) is 5.41. The molecule has 4 bridgehead atoms. The average Bonchev–Trinajstić information content (AvgIpc) is 3.74. The van der Waals surface area contributed by atoms with Crippen LogP contribution >= 0.6 is 34.8 Å². The Balaban J connectivity index is 0.000000201. The molecule has 6 N–H and O–H groups in total. The summed E-state index contributed by atoms with van der Waals surface area (Å²) in [4.78, 5) is 48.8. The summed E-state index contributed by atoms with van der Waals surface area (Å²) in [5.41, 5.74) is 10.3. The molecule has 12 nitrogen and oxygen atoms in total. The molecule has 0 unspecified atom stereocenters. The average molecular weight is 718 g/mol. The summed E-state index contributed by atoms with van der Waals surface area (Å²) in [7, 11) is 0. The van der Waals surface area contributed by atoms with E-state index < -0.39 is 23.3 Å². The second-order valence-corrected chi connectivity index (χ2v) is 13.2. The smallest absolute Gasteiger partial charge is 0.407 e. The zero-order valence-electron chi connectivity index (χ0n) is 25.0. The zero-order chi connectivity index (χ0) is 33.9. The molecule has 8 atom stereocenters. The minimum absolute atomic E-state index is 0. The Labute approximate surface area is 286 Å². The lowest BCUT2D eigenvalue weighted by Gasteiger charge is -2.28. The number of carbonyl (C=O) groups excluding carboxylic acids is 3. The highest BCUT2D eigenvalue weighted by molar-refractivity contribution is 6.31. The van der Waals surface area contributed by atoms with Crippen LogP contribution in [-0.4, -0.2) is 55.5 Å². The largest absolute Gasteiger partial charge is 0.444 e. The van der Waals surface area contributed by atoms with Gasteiger partial charge in [0.05, 0.1) is 30.3 Å². The van der Waals surface area contributed by atoms with Crippen LogP contribution < -0.4 is 22.1 Å². The molecule has 3 amide bonds. The number of ether oxygens (including phenoxy) is 1. The Morgan fingerprint density at radius 2 is 1.28 bits per heavy atom. The van der Waals surface area contributed by atoms with Gasteiger partial charge in [0, 0.05) is 6.04 Å². The summed E-state index contributed by atoms with van der Waals surface area (Å²) < 4.78 is 31.0. The van der Waals surface area contributed by atoms with E-state index in [2.05, 4.69) is 30.6 Å². The maximum absolute atomic E-state index is 13.6. The van der Waals surface area contributed by atoms with Crippen LogP contribution in [0, 0.1) is 47.1 Å². The summed E-state index contributed by atoms with van der Waals surface area (Å²) >= 11 is 16.1. The molecule has 256 valence electrons. The second-order valence-electron chi connectivity index (χ2n) is 12.2. The van der Waals surface area contributed by atoms with Gasteiger partial charge < -0.3 is 26.8 Å². The predicted octanol–water partition coefficient (Wildman–Crippen LogP) is 5.10. The number of carbonyl (C=O) groups is 3. The van der Waals surface area contributed by atoms with Crippen molar-refractivity contribution in [1.82, 2.24) is 25.3 Å². The lowest BCUT2D eigenvalue weighted by molar-refractivity contribution is -0.123. The third-order valence-corrected chi connectivity index (χ3v) is 8.58. The topological polar surface area (TPSA) is 188 Å². The van der Waals surface area contributed by atoms with Crippen LogP contribution in [0.5, 0.6) is 0 Å². The van der Waals surface area contributed by atoms with Gasteiger partial charge in [-0.1, -0.05) is 43.3 Å². The lowest BCUT2D eigenvalue weighted by atomic mass is 9.88. The highest BCUT2D eigenvalue weighted by atomic mass is 35.5. The number of aromatic nitrogens is 4. The lowest BCUT2D eigenvalue weighted by Crippen LogP contribution is -2.48. The third-order valence-electron chi connectivity index (χ3n) is 7.95. The van der Waals surface area contributed by atoms with E-state index in [1.165, 1.54) is 0 Å². The van der Waals surface area contributed by atoms with Gasteiger partial charge in [-0.15, -0.1) is 0 Å². The number of alkyl carbamates (subject to hydrolysis) is 1. The summed E-state index contributed by atoms with van der Waals surface area (Å²) in [5.74, 6) is -2.00. The molecule has 0 saturated heterocycles. The number of fused-ring (bicyclic) bond motifs is 4. The molecule has 2 saturated carbocycles. The quantitative estimate of drug-likeness (QED) is 0.185. The van der Waals surface area contributed by atoms with Crippen molar-refractivity contribution in [2.75, 3.05) is 5.32 Å². The van der Waals surface area contributed by atoms with Gasteiger partial charge in [-0.3, -0.25) is 9.59 Å². The van der Waals surface area contributed by atoms with E-state index in [0.29, 0.717) is 0 Å². The van der Waals surface area contributed by atoms with Gasteiger partial charge in [0.2, 0.25) is 22.4 Å². The van der Waals surface area contributed by atoms with E-state index in [0.717, 1.165) is 25.2 Å². The number of anilines is 1. The molecule has 0 radical (unpaired) electrons. The van der Waals surface area contributed by atoms with Crippen LogP contribution in [0.2, 0.25) is 15.7 Å². The Kier molecular flexibility index (Phi) is 12.5. The fourth-order valence-corrected chi connectivity index (χ4v) is 6.63. The molecule has 2 fully saturated rings. The SMILES string of the molecule is C.CC(C)(C)OC(=O)N[C@H]1[C@@H](C(N)=O)[C@@H]2C=C[C@H]1C2.Fc1cnc(Cl)nc1Cl.NC(=O)[C@@H]1[C@H](Nc2nc(Cl)ncc2F)[C@H]2C=C[C@@H]1C2. The van der Waals surface area contributed by atoms with E-state index in [-0.39, 0.29) is 88.4 Å². The first kappa shape index (κ1) is 37.8. The molecular weight excluding hydrogens is 681 g/mol. The number of primary amides is 2. The summed E-state index contributed by atoms with van der Waals surface area (Å²) in [5, 5.41) is 5.38. The first-order chi connectivity index (χ1) is 21.5. The summed E-state index contributed by atoms with van der Waals surface area (Å²) in [6.07, 6.45) is 11.3. The molecular formula is C30H37Cl3F2N8O4. The van der Waals surface area contributed by atoms with Crippen molar-refractivity contribution in [2.45, 2.75) is 58.7 Å². The van der Waals surface area contributed by atoms with E-state index in [9.17, 15) is 23.2 Å². The third kappa shape index (κ3) is 9.48. The van der Waals surface area contributed by atoms with Crippen molar-refractivity contribution in [3.63, 3.8) is 0 Å². The van der Waals surface area contributed by atoms with Gasteiger partial charge in [0.1, 0.15) is 5.60 Å². The molecule has 0 spiro atoms. The van der Waals surface area contributed by atoms with Gasteiger partial charge in [0.25, 0.3) is 0 Å². The second kappa shape index (κ2) is 15.5. The first-order valence-electron chi connectivity index (χ1n) is 14.3. The number of nitrogens with one attached hydrogen (secondary N) is 2. The fraction of sp³-hybridized carbons (Fsp3) is 0.500. The summed E-state index contributed by atoms with van der Waals surface area (Å²) in [6, 6.07) is -0.472. The van der Waals surface area contributed by atoms with Crippen LogP contribution in [0.4, 0.5) is 19.4 Å². The normalized spacial score (nSPS) is 27.5. The maximum Gasteiger partial charge on any atom is 0.407 e. The van der Waals surface area contributed by atoms with Gasteiger partial charge in [-0.05, 0) is 80.5 Å². The molecule has 6 rings (SSSR count). The Bertz CT molecular complexity index is 1540. The van der Waals surface area contributed by atoms with Crippen molar-refractivity contribution in [2.24, 2.45) is 47.0 Å². The van der Waals surface area contributed by atoms with E-state index >= 15 is 0 Å². The Hall–Kier alpha value is -3.62. The van der Waals surface area contributed by atoms with Crippen molar-refractivity contribution in [3.05, 3.63) is 64.1 Å². The minimum atomic E-state index is -0.666. The Morgan fingerprint density at radius 1 is 0.809 bits per heavy atom. The van der Waals surface area contributed by atoms with E-state index in [1.54, 1.807) is 20.8 Å². The number of nitrogens with two attached hydrogens (primary N) is 2. The standard InChI is InChI=1S/C13H20N2O3.C12H12ClFN4O.C4HCl2FN2.CH4/c1-13(2,3)18-12(17)15-10-8-5-4-7(6-8)9(10)11(14)16;13-12-16-4-7(14)11(18-12)17-9-6-2-1-5(3-6)8(9)10(15)19;5-3-2(7)1-8-4(6)9-3;/h4-5,7-10H,6H2,1-3H3,(H2,14,16)(H,15,17);1-2,4-6,8-9H,3H2,(H2,15,19)(H,16,17,18);1H;1H4/t7-,8+,9+,10-;5-,6+,8+,9-;;/m11../s1. The minimum Gasteiger partial charge on any atom is -0.444 e. The van der Waals surface area contributed by atoms with Crippen molar-refractivity contribution < 1.29 is 27.9 Å². The van der Waals surface area contributed by atoms with Gasteiger partial charge in [0.15, 0.2) is 22.6 Å². The van der Waals surface area contributed by atoms with E-state index in [1.807, 2.05) is 24.3 Å². The number of amides is 3. The molecule has 2 aromatic heterocycles. The molecule has 2 aromatic rings. The number of rotatable bonds is 5. The van der Waals surface area contributed by atoms with E-state index in [4.69, 9.17) is 51.0 Å². The highest BCUT2D eigenvalue weighted by Crippen LogP contribution is 2.45. The molecule has 4 aliphatic carbocycles. The number of halogens is 5. The molecule has 47 heavy (non-hydrogen) atoms. The molecule has 4 aliphatic rings. The molecule has 0 aliphatic heterocycles. The van der Waals surface area contributed by atoms with Gasteiger partial charge in [-0.2, -0.15) is 4.98 Å². The van der Waals surface area contributed by atoms with Crippen LogP contribution in [0.1, 0.15) is 41.0 Å². The predicted molar refractivity (Wildman–Crippen MR) is 173 cm³/mol. The number of hydrogen-bond acceptors (Lipinski definition) is 9. The van der Waals surface area contributed by atoms with Gasteiger partial charge in [-0.25, -0.2) is 28.5 Å². The number of allylic oxidation sites excluding steroid dienone is 2. The monoisotopic (exact) mass is 716 g/mol. The number of hydrogen-bond donors (Lipinski definition) is 4. The zero-order valence-corrected chi connectivity index (χ0v) is 27.2. The first-order valence-corrected chi connectivity index (χ1v) is 15.4. The Morgan fingerprint density at radius 3 is 1.77 bits per heavy atom. The highest BCUT2D eigenvalue weighted by Gasteiger charge is 2.49. The van der Waals surface area contributed by atoms with Crippen LogP contribution in [-0.2, 0) is 14.3 Å². The van der Waals surface area contributed by atoms with Crippen LogP contribution in [0.3, 0.4) is 0 Å². The van der Waals surface area contributed by atoms with Gasteiger partial charge >= 0.3 is 6.09 Å². The number of nitrogens with zero attached hydrogens (tertiary/aromatic N) is 4. The molecule has 2 heterocycles.